The van der Waals surface area contributed by atoms with Gasteiger partial charge in [-0.3, -0.25) is 4.98 Å². The van der Waals surface area contributed by atoms with E-state index in [4.69, 9.17) is 5.73 Å². The van der Waals surface area contributed by atoms with Crippen LogP contribution in [0.25, 0.3) is 5.69 Å². The normalized spacial score (nSPS) is 12.7. The van der Waals surface area contributed by atoms with E-state index >= 15 is 0 Å². The predicted molar refractivity (Wildman–Crippen MR) is 56.5 cm³/mol. The summed E-state index contributed by atoms with van der Waals surface area (Å²) in [5.74, 6) is 0. The van der Waals surface area contributed by atoms with E-state index < -0.39 is 0 Å². The zero-order valence-electron chi connectivity index (χ0n) is 8.75. The maximum Gasteiger partial charge on any atom is 0.102 e. The molecular formula is C10H13N5. The lowest BCUT2D eigenvalue weighted by molar-refractivity contribution is 0.756. The Labute approximate surface area is 87.9 Å². The lowest BCUT2D eigenvalue weighted by atomic mass is 10.2. The maximum absolute atomic E-state index is 5.77. The second-order valence-corrected chi connectivity index (χ2v) is 3.47. The van der Waals surface area contributed by atoms with Crippen molar-refractivity contribution >= 4 is 0 Å². The summed E-state index contributed by atoms with van der Waals surface area (Å²) in [5.41, 5.74) is 8.45. The van der Waals surface area contributed by atoms with Gasteiger partial charge < -0.3 is 5.73 Å². The smallest absolute Gasteiger partial charge is 0.102 e. The monoisotopic (exact) mass is 203 g/mol. The van der Waals surface area contributed by atoms with Crippen molar-refractivity contribution in [1.29, 1.82) is 0 Å². The first-order valence-electron chi connectivity index (χ1n) is 4.78. The molecule has 2 heterocycles. The van der Waals surface area contributed by atoms with Gasteiger partial charge in [0.1, 0.15) is 5.69 Å². The van der Waals surface area contributed by atoms with Gasteiger partial charge >= 0.3 is 0 Å². The van der Waals surface area contributed by atoms with Crippen LogP contribution in [0.15, 0.2) is 24.5 Å². The average molecular weight is 203 g/mol. The Bertz CT molecular complexity index is 446. The molecule has 0 radical (unpaired) electrons. The first-order chi connectivity index (χ1) is 7.20. The molecule has 0 aliphatic carbocycles. The zero-order chi connectivity index (χ0) is 10.8. The zero-order valence-corrected chi connectivity index (χ0v) is 8.75. The Balaban J connectivity index is 2.47. The van der Waals surface area contributed by atoms with E-state index in [1.807, 2.05) is 26.0 Å². The maximum atomic E-state index is 5.77. The summed E-state index contributed by atoms with van der Waals surface area (Å²) < 4.78 is 1.74. The van der Waals surface area contributed by atoms with Gasteiger partial charge in [0.15, 0.2) is 0 Å². The minimum absolute atomic E-state index is 0.101. The fourth-order valence-electron chi connectivity index (χ4n) is 1.49. The molecule has 0 aliphatic heterocycles. The molecule has 2 aromatic heterocycles. The first kappa shape index (κ1) is 9.79. The highest BCUT2D eigenvalue weighted by Gasteiger charge is 2.12. The molecule has 0 saturated heterocycles. The van der Waals surface area contributed by atoms with Crippen LogP contribution in [0.5, 0.6) is 0 Å². The summed E-state index contributed by atoms with van der Waals surface area (Å²) in [7, 11) is 0. The van der Waals surface area contributed by atoms with E-state index in [0.29, 0.717) is 0 Å². The summed E-state index contributed by atoms with van der Waals surface area (Å²) in [6.07, 6.45) is 3.47. The molecule has 2 rings (SSSR count). The summed E-state index contributed by atoms with van der Waals surface area (Å²) in [6.45, 7) is 3.84. The largest absolute Gasteiger partial charge is 0.323 e. The van der Waals surface area contributed by atoms with Crippen LogP contribution >= 0.6 is 0 Å². The van der Waals surface area contributed by atoms with Crippen LogP contribution in [0.2, 0.25) is 0 Å². The first-order valence-corrected chi connectivity index (χ1v) is 4.78. The summed E-state index contributed by atoms with van der Waals surface area (Å²) in [6, 6.07) is 3.69. The average Bonchev–Trinajstić information content (AvgIpc) is 2.61. The summed E-state index contributed by atoms with van der Waals surface area (Å²) >= 11 is 0. The lowest BCUT2D eigenvalue weighted by Gasteiger charge is -2.04. The molecule has 5 nitrogen and oxygen atoms in total. The molecular weight excluding hydrogens is 190 g/mol. The quantitative estimate of drug-likeness (QED) is 0.790. The number of nitrogens with two attached hydrogens (primary N) is 1. The Kier molecular flexibility index (Phi) is 2.47. The number of nitrogens with zero attached hydrogens (tertiary/aromatic N) is 4. The molecule has 2 aromatic rings. The van der Waals surface area contributed by atoms with Gasteiger partial charge in [0, 0.05) is 12.2 Å². The van der Waals surface area contributed by atoms with Crippen molar-refractivity contribution < 1.29 is 0 Å². The standard InChI is InChI=1S/C10H13N5/c1-7(11)10-8(2)15(14-13-10)9-4-3-5-12-6-9/h3-7H,11H2,1-2H3. The van der Waals surface area contributed by atoms with Gasteiger partial charge in [0.25, 0.3) is 0 Å². The number of hydrogen-bond donors (Lipinski definition) is 1. The molecule has 1 atom stereocenters. The van der Waals surface area contributed by atoms with Gasteiger partial charge in [-0.25, -0.2) is 4.68 Å². The highest BCUT2D eigenvalue weighted by Crippen LogP contribution is 2.14. The van der Waals surface area contributed by atoms with Crippen molar-refractivity contribution in [3.8, 4) is 5.69 Å². The Hall–Kier alpha value is -1.75. The summed E-state index contributed by atoms with van der Waals surface area (Å²) in [5, 5.41) is 8.11. The molecule has 0 bridgehead atoms. The highest BCUT2D eigenvalue weighted by atomic mass is 15.4. The third kappa shape index (κ3) is 1.73. The Morgan fingerprint density at radius 2 is 2.27 bits per heavy atom. The molecule has 0 aromatic carbocycles. The van der Waals surface area contributed by atoms with Crippen LogP contribution in [0, 0.1) is 6.92 Å². The van der Waals surface area contributed by atoms with Gasteiger partial charge in [0.2, 0.25) is 0 Å². The van der Waals surface area contributed by atoms with E-state index in [1.165, 1.54) is 0 Å². The van der Waals surface area contributed by atoms with E-state index in [1.54, 1.807) is 17.1 Å². The van der Waals surface area contributed by atoms with E-state index in [2.05, 4.69) is 15.3 Å². The molecule has 78 valence electrons. The van der Waals surface area contributed by atoms with Crippen LogP contribution < -0.4 is 5.73 Å². The molecule has 0 spiro atoms. The van der Waals surface area contributed by atoms with Gasteiger partial charge in [-0.15, -0.1) is 5.10 Å². The van der Waals surface area contributed by atoms with Crippen molar-refractivity contribution in [1.82, 2.24) is 20.0 Å². The number of pyridine rings is 1. The molecule has 0 saturated carbocycles. The van der Waals surface area contributed by atoms with Crippen molar-refractivity contribution in [2.45, 2.75) is 19.9 Å². The molecule has 15 heavy (non-hydrogen) atoms. The van der Waals surface area contributed by atoms with Crippen LogP contribution in [0.3, 0.4) is 0 Å². The van der Waals surface area contributed by atoms with Crippen LogP contribution in [0.1, 0.15) is 24.4 Å². The van der Waals surface area contributed by atoms with Crippen LogP contribution in [-0.4, -0.2) is 20.0 Å². The highest BCUT2D eigenvalue weighted by molar-refractivity contribution is 5.30. The third-order valence-electron chi connectivity index (χ3n) is 2.25. The number of hydrogen-bond acceptors (Lipinski definition) is 4. The van der Waals surface area contributed by atoms with E-state index in [-0.39, 0.29) is 6.04 Å². The second kappa shape index (κ2) is 3.78. The molecule has 2 N–H and O–H groups in total. The molecule has 5 heteroatoms. The molecule has 0 fully saturated rings. The fourth-order valence-corrected chi connectivity index (χ4v) is 1.49. The van der Waals surface area contributed by atoms with Gasteiger partial charge in [0.05, 0.1) is 17.6 Å². The van der Waals surface area contributed by atoms with E-state index in [0.717, 1.165) is 17.1 Å². The minimum atomic E-state index is -0.101. The van der Waals surface area contributed by atoms with Crippen molar-refractivity contribution in [2.75, 3.05) is 0 Å². The van der Waals surface area contributed by atoms with Gasteiger partial charge in [-0.05, 0) is 26.0 Å². The Morgan fingerprint density at radius 3 is 2.80 bits per heavy atom. The second-order valence-electron chi connectivity index (χ2n) is 3.47. The predicted octanol–water partition coefficient (Wildman–Crippen LogP) is 0.990. The van der Waals surface area contributed by atoms with Crippen molar-refractivity contribution in [3.05, 3.63) is 35.9 Å². The molecule has 0 aliphatic rings. The topological polar surface area (TPSA) is 69.6 Å². The SMILES string of the molecule is Cc1c(C(C)N)nnn1-c1cccnc1. The summed E-state index contributed by atoms with van der Waals surface area (Å²) in [4.78, 5) is 4.04. The van der Waals surface area contributed by atoms with E-state index in [9.17, 15) is 0 Å². The van der Waals surface area contributed by atoms with Crippen LogP contribution in [0.4, 0.5) is 0 Å². The molecule has 1 unspecified atom stereocenters. The number of aromatic nitrogens is 4. The minimum Gasteiger partial charge on any atom is -0.323 e. The Morgan fingerprint density at radius 1 is 1.47 bits per heavy atom. The lowest BCUT2D eigenvalue weighted by Crippen LogP contribution is -2.08. The molecule has 0 amide bonds. The number of rotatable bonds is 2. The van der Waals surface area contributed by atoms with Gasteiger partial charge in [-0.2, -0.15) is 0 Å². The third-order valence-corrected chi connectivity index (χ3v) is 2.25. The van der Waals surface area contributed by atoms with Crippen LogP contribution in [-0.2, 0) is 0 Å². The fraction of sp³-hybridized carbons (Fsp3) is 0.300. The van der Waals surface area contributed by atoms with Crippen molar-refractivity contribution in [2.24, 2.45) is 5.73 Å². The van der Waals surface area contributed by atoms with Crippen molar-refractivity contribution in [3.63, 3.8) is 0 Å². The van der Waals surface area contributed by atoms with Gasteiger partial charge in [-0.1, -0.05) is 5.21 Å².